The molecule has 168 valence electrons. The van der Waals surface area contributed by atoms with E-state index in [1.165, 1.54) is 10.4 Å². The third-order valence-corrected chi connectivity index (χ3v) is 8.13. The summed E-state index contributed by atoms with van der Waals surface area (Å²) in [5.74, 6) is -0.881. The van der Waals surface area contributed by atoms with Crippen LogP contribution in [-0.2, 0) is 21.4 Å². The fraction of sp³-hybridized carbons (Fsp3) is 0.292. The molecule has 0 unspecified atom stereocenters. The number of sulfonamides is 1. The maximum Gasteiger partial charge on any atom is 0.243 e. The zero-order valence-corrected chi connectivity index (χ0v) is 19.2. The number of fused-ring (bicyclic) bond motifs is 1. The van der Waals surface area contributed by atoms with Gasteiger partial charge in [0.1, 0.15) is 5.82 Å². The SMILES string of the molecule is CN(Cc1ccc2ccccc2c1)C(=O)C1CCN(S(=O)(=O)c2ccc(F)c(Cl)c2)CC1. The second-order valence-electron chi connectivity index (χ2n) is 8.13. The summed E-state index contributed by atoms with van der Waals surface area (Å²) < 4.78 is 40.5. The van der Waals surface area contributed by atoms with Gasteiger partial charge >= 0.3 is 0 Å². The third-order valence-electron chi connectivity index (χ3n) is 5.94. The molecule has 1 amide bonds. The maximum absolute atomic E-state index is 13.4. The van der Waals surface area contributed by atoms with Crippen molar-refractivity contribution in [1.29, 1.82) is 0 Å². The van der Waals surface area contributed by atoms with Crippen molar-refractivity contribution in [3.05, 3.63) is 77.1 Å². The highest BCUT2D eigenvalue weighted by atomic mass is 35.5. The van der Waals surface area contributed by atoms with Gasteiger partial charge in [-0.2, -0.15) is 4.31 Å². The molecular formula is C24H24ClFN2O3S. The van der Waals surface area contributed by atoms with E-state index in [-0.39, 0.29) is 34.8 Å². The maximum atomic E-state index is 13.4. The van der Waals surface area contributed by atoms with E-state index >= 15 is 0 Å². The molecule has 1 fully saturated rings. The molecule has 5 nitrogen and oxygen atoms in total. The Balaban J connectivity index is 1.38. The second kappa shape index (κ2) is 9.17. The van der Waals surface area contributed by atoms with Crippen molar-refractivity contribution in [2.75, 3.05) is 20.1 Å². The molecule has 4 rings (SSSR count). The van der Waals surface area contributed by atoms with Crippen molar-refractivity contribution < 1.29 is 17.6 Å². The van der Waals surface area contributed by atoms with Crippen LogP contribution in [0.2, 0.25) is 5.02 Å². The lowest BCUT2D eigenvalue weighted by Crippen LogP contribution is -2.43. The van der Waals surface area contributed by atoms with Gasteiger partial charge in [0.25, 0.3) is 0 Å². The van der Waals surface area contributed by atoms with E-state index in [1.54, 1.807) is 11.9 Å². The van der Waals surface area contributed by atoms with Gasteiger partial charge in [0.15, 0.2) is 0 Å². The van der Waals surface area contributed by atoms with Gasteiger partial charge in [-0.1, -0.05) is 48.0 Å². The van der Waals surface area contributed by atoms with Crippen LogP contribution in [0.25, 0.3) is 10.8 Å². The van der Waals surface area contributed by atoms with Gasteiger partial charge in [-0.25, -0.2) is 12.8 Å². The summed E-state index contributed by atoms with van der Waals surface area (Å²) in [5, 5.41) is 2.05. The number of piperidine rings is 1. The van der Waals surface area contributed by atoms with E-state index in [9.17, 15) is 17.6 Å². The van der Waals surface area contributed by atoms with Gasteiger partial charge in [0.05, 0.1) is 9.92 Å². The summed E-state index contributed by atoms with van der Waals surface area (Å²) in [6.07, 6.45) is 0.879. The Morgan fingerprint density at radius 2 is 1.75 bits per heavy atom. The fourth-order valence-corrected chi connectivity index (χ4v) is 5.87. The van der Waals surface area contributed by atoms with E-state index in [1.807, 2.05) is 30.3 Å². The monoisotopic (exact) mass is 474 g/mol. The first-order valence-corrected chi connectivity index (χ1v) is 12.3. The Morgan fingerprint density at radius 3 is 2.44 bits per heavy atom. The minimum absolute atomic E-state index is 0.0139. The van der Waals surface area contributed by atoms with Crippen LogP contribution < -0.4 is 0 Å². The van der Waals surface area contributed by atoms with Crippen molar-refractivity contribution in [3.63, 3.8) is 0 Å². The molecule has 32 heavy (non-hydrogen) atoms. The summed E-state index contributed by atoms with van der Waals surface area (Å²) in [4.78, 5) is 14.6. The standard InChI is InChI=1S/C24H24ClFN2O3S/c1-27(16-17-6-7-18-4-2-3-5-20(18)14-17)24(29)19-10-12-28(13-11-19)32(30,31)21-8-9-23(26)22(25)15-21/h2-9,14-15,19H,10-13,16H2,1H3. The summed E-state index contributed by atoms with van der Waals surface area (Å²) in [5.41, 5.74) is 1.05. The molecule has 1 heterocycles. The Labute approximate surface area is 192 Å². The molecule has 1 saturated heterocycles. The number of carbonyl (C=O) groups is 1. The average molecular weight is 475 g/mol. The fourth-order valence-electron chi connectivity index (χ4n) is 4.13. The molecule has 0 bridgehead atoms. The summed E-state index contributed by atoms with van der Waals surface area (Å²) in [6, 6.07) is 17.6. The molecule has 0 radical (unpaired) electrons. The Kier molecular flexibility index (Phi) is 6.51. The third kappa shape index (κ3) is 4.65. The van der Waals surface area contributed by atoms with E-state index in [4.69, 9.17) is 11.6 Å². The van der Waals surface area contributed by atoms with Crippen LogP contribution in [0.4, 0.5) is 4.39 Å². The van der Waals surface area contributed by atoms with E-state index < -0.39 is 15.8 Å². The molecule has 0 spiro atoms. The first-order chi connectivity index (χ1) is 15.3. The molecule has 1 aliphatic heterocycles. The number of hydrogen-bond acceptors (Lipinski definition) is 3. The van der Waals surface area contributed by atoms with Crippen molar-refractivity contribution in [2.45, 2.75) is 24.3 Å². The van der Waals surface area contributed by atoms with Crippen LogP contribution in [-0.4, -0.2) is 43.7 Å². The Bertz CT molecular complexity index is 1260. The number of rotatable bonds is 5. The predicted molar refractivity (Wildman–Crippen MR) is 123 cm³/mol. The molecule has 1 aliphatic rings. The first kappa shape index (κ1) is 22.7. The number of halogens is 2. The topological polar surface area (TPSA) is 57.7 Å². The van der Waals surface area contributed by atoms with Crippen LogP contribution >= 0.6 is 11.6 Å². The van der Waals surface area contributed by atoms with Gasteiger partial charge in [-0.05, 0) is 53.4 Å². The lowest BCUT2D eigenvalue weighted by Gasteiger charge is -2.32. The summed E-state index contributed by atoms with van der Waals surface area (Å²) >= 11 is 5.75. The molecule has 0 N–H and O–H groups in total. The van der Waals surface area contributed by atoms with E-state index in [0.29, 0.717) is 19.4 Å². The summed E-state index contributed by atoms with van der Waals surface area (Å²) in [6.45, 7) is 0.964. The van der Waals surface area contributed by atoms with Gasteiger partial charge in [-0.3, -0.25) is 4.79 Å². The van der Waals surface area contributed by atoms with Crippen LogP contribution in [0.15, 0.2) is 65.6 Å². The molecule has 0 atom stereocenters. The van der Waals surface area contributed by atoms with E-state index in [0.717, 1.165) is 28.5 Å². The lowest BCUT2D eigenvalue weighted by molar-refractivity contribution is -0.135. The van der Waals surface area contributed by atoms with Crippen molar-refractivity contribution in [2.24, 2.45) is 5.92 Å². The van der Waals surface area contributed by atoms with Crippen molar-refractivity contribution in [1.82, 2.24) is 9.21 Å². The van der Waals surface area contributed by atoms with Gasteiger partial charge in [0.2, 0.25) is 15.9 Å². The van der Waals surface area contributed by atoms with Crippen LogP contribution in [0, 0.1) is 11.7 Å². The van der Waals surface area contributed by atoms with Crippen molar-refractivity contribution >= 4 is 38.3 Å². The smallest absolute Gasteiger partial charge is 0.243 e. The largest absolute Gasteiger partial charge is 0.341 e. The quantitative estimate of drug-likeness (QED) is 0.539. The highest BCUT2D eigenvalue weighted by molar-refractivity contribution is 7.89. The molecule has 0 saturated carbocycles. The highest BCUT2D eigenvalue weighted by Crippen LogP contribution is 2.27. The minimum Gasteiger partial charge on any atom is -0.341 e. The zero-order valence-electron chi connectivity index (χ0n) is 17.7. The number of nitrogens with zero attached hydrogens (tertiary/aromatic N) is 2. The average Bonchev–Trinajstić information content (AvgIpc) is 2.80. The normalized spacial score (nSPS) is 15.7. The highest BCUT2D eigenvalue weighted by Gasteiger charge is 2.33. The Hall–Kier alpha value is -2.48. The van der Waals surface area contributed by atoms with Gasteiger partial charge in [0, 0.05) is 32.6 Å². The number of amides is 1. The predicted octanol–water partition coefficient (Wildman–Crippen LogP) is 4.69. The van der Waals surface area contributed by atoms with E-state index in [2.05, 4.69) is 12.1 Å². The number of benzene rings is 3. The zero-order chi connectivity index (χ0) is 22.9. The molecule has 3 aromatic carbocycles. The number of carbonyl (C=O) groups excluding carboxylic acids is 1. The molecule has 0 aromatic heterocycles. The number of hydrogen-bond donors (Lipinski definition) is 0. The Morgan fingerprint density at radius 1 is 1.06 bits per heavy atom. The van der Waals surface area contributed by atoms with Crippen molar-refractivity contribution in [3.8, 4) is 0 Å². The molecular weight excluding hydrogens is 451 g/mol. The van der Waals surface area contributed by atoms with Crippen LogP contribution in [0.1, 0.15) is 18.4 Å². The molecule has 3 aromatic rings. The van der Waals surface area contributed by atoms with Gasteiger partial charge in [-0.15, -0.1) is 0 Å². The first-order valence-electron chi connectivity index (χ1n) is 10.4. The van der Waals surface area contributed by atoms with Crippen LogP contribution in [0.3, 0.4) is 0 Å². The lowest BCUT2D eigenvalue weighted by atomic mass is 9.96. The van der Waals surface area contributed by atoms with Crippen LogP contribution in [0.5, 0.6) is 0 Å². The van der Waals surface area contributed by atoms with Gasteiger partial charge < -0.3 is 4.90 Å². The summed E-state index contributed by atoms with van der Waals surface area (Å²) in [7, 11) is -2.00. The molecule has 8 heteroatoms. The minimum atomic E-state index is -3.78. The molecule has 0 aliphatic carbocycles. The second-order valence-corrected chi connectivity index (χ2v) is 10.5.